The second kappa shape index (κ2) is 8.72. The quantitative estimate of drug-likeness (QED) is 0.846. The van der Waals surface area contributed by atoms with Crippen molar-refractivity contribution in [1.82, 2.24) is 10.2 Å². The van der Waals surface area contributed by atoms with Gasteiger partial charge in [0.05, 0.1) is 5.02 Å². The SMILES string of the molecule is CC[C@H](Oc1cc(C)ccc1Cl)C(=O)NC1CCN(C(C)C)CC1. The minimum atomic E-state index is -0.507. The number of halogens is 1. The van der Waals surface area contributed by atoms with Crippen molar-refractivity contribution in [3.8, 4) is 5.75 Å². The van der Waals surface area contributed by atoms with Crippen LogP contribution in [0.4, 0.5) is 0 Å². The molecule has 1 fully saturated rings. The molecule has 1 aliphatic rings. The van der Waals surface area contributed by atoms with Crippen molar-refractivity contribution in [3.63, 3.8) is 0 Å². The van der Waals surface area contributed by atoms with Crippen LogP contribution in [0.25, 0.3) is 0 Å². The van der Waals surface area contributed by atoms with E-state index in [0.717, 1.165) is 31.5 Å². The van der Waals surface area contributed by atoms with Crippen LogP contribution in [0.5, 0.6) is 5.75 Å². The second-order valence-corrected chi connectivity index (χ2v) is 7.27. The zero-order chi connectivity index (χ0) is 17.7. The largest absolute Gasteiger partial charge is 0.479 e. The Morgan fingerprint density at radius 2 is 2.04 bits per heavy atom. The van der Waals surface area contributed by atoms with Crippen molar-refractivity contribution in [2.45, 2.75) is 65.1 Å². The molecule has 1 aromatic carbocycles. The van der Waals surface area contributed by atoms with E-state index in [1.54, 1.807) is 6.07 Å². The standard InChI is InChI=1S/C19H29ClN2O2/c1-5-17(24-18-12-14(4)6-7-16(18)20)19(23)21-15-8-10-22(11-9-15)13(2)3/h6-7,12-13,15,17H,5,8-11H2,1-4H3,(H,21,23)/t17-/m0/s1. The number of nitrogens with zero attached hydrogens (tertiary/aromatic N) is 1. The Bertz CT molecular complexity index is 554. The van der Waals surface area contributed by atoms with Crippen LogP contribution in [-0.4, -0.2) is 42.1 Å². The Morgan fingerprint density at radius 1 is 1.38 bits per heavy atom. The Kier molecular flexibility index (Phi) is 6.93. The molecule has 1 amide bonds. The maximum atomic E-state index is 12.6. The van der Waals surface area contributed by atoms with Gasteiger partial charge in [0, 0.05) is 25.2 Å². The molecule has 24 heavy (non-hydrogen) atoms. The molecule has 134 valence electrons. The first kappa shape index (κ1) is 19.1. The highest BCUT2D eigenvalue weighted by Crippen LogP contribution is 2.27. The monoisotopic (exact) mass is 352 g/mol. The lowest BCUT2D eigenvalue weighted by molar-refractivity contribution is -0.129. The van der Waals surface area contributed by atoms with Crippen LogP contribution in [0.1, 0.15) is 45.6 Å². The lowest BCUT2D eigenvalue weighted by Gasteiger charge is -2.35. The summed E-state index contributed by atoms with van der Waals surface area (Å²) in [7, 11) is 0. The van der Waals surface area contributed by atoms with E-state index in [1.807, 2.05) is 26.0 Å². The predicted octanol–water partition coefficient (Wildman–Crippen LogP) is 3.79. The van der Waals surface area contributed by atoms with Crippen LogP contribution in [0.15, 0.2) is 18.2 Å². The average Bonchev–Trinajstić information content (AvgIpc) is 2.56. The summed E-state index contributed by atoms with van der Waals surface area (Å²) < 4.78 is 5.88. The highest BCUT2D eigenvalue weighted by atomic mass is 35.5. The first-order valence-corrected chi connectivity index (χ1v) is 9.25. The number of ether oxygens (including phenoxy) is 1. The predicted molar refractivity (Wildman–Crippen MR) is 98.8 cm³/mol. The third kappa shape index (κ3) is 5.12. The van der Waals surface area contributed by atoms with Crippen LogP contribution in [-0.2, 0) is 4.79 Å². The number of piperidine rings is 1. The van der Waals surface area contributed by atoms with Crippen LogP contribution in [0.2, 0.25) is 5.02 Å². The van der Waals surface area contributed by atoms with Crippen molar-refractivity contribution >= 4 is 17.5 Å². The molecule has 0 aromatic heterocycles. The Labute approximate surface area is 150 Å². The second-order valence-electron chi connectivity index (χ2n) is 6.86. The van der Waals surface area contributed by atoms with Gasteiger partial charge in [-0.2, -0.15) is 0 Å². The van der Waals surface area contributed by atoms with Crippen LogP contribution in [0.3, 0.4) is 0 Å². The van der Waals surface area contributed by atoms with E-state index in [0.29, 0.717) is 23.2 Å². The number of benzene rings is 1. The number of likely N-dealkylation sites (tertiary alicyclic amines) is 1. The molecule has 5 heteroatoms. The van der Waals surface area contributed by atoms with E-state index >= 15 is 0 Å². The molecule has 0 unspecified atom stereocenters. The fraction of sp³-hybridized carbons (Fsp3) is 0.632. The number of hydrogen-bond acceptors (Lipinski definition) is 3. The van der Waals surface area contributed by atoms with Crippen LogP contribution in [0, 0.1) is 6.92 Å². The summed E-state index contributed by atoms with van der Waals surface area (Å²) in [6, 6.07) is 6.41. The maximum Gasteiger partial charge on any atom is 0.261 e. The zero-order valence-electron chi connectivity index (χ0n) is 15.1. The normalized spacial score (nSPS) is 17.8. The number of rotatable bonds is 6. The molecule has 2 rings (SSSR count). The van der Waals surface area contributed by atoms with Gasteiger partial charge in [-0.15, -0.1) is 0 Å². The van der Waals surface area contributed by atoms with Gasteiger partial charge >= 0.3 is 0 Å². The maximum absolute atomic E-state index is 12.6. The van der Waals surface area contributed by atoms with E-state index in [4.69, 9.17) is 16.3 Å². The summed E-state index contributed by atoms with van der Waals surface area (Å²) in [6.07, 6.45) is 2.09. The molecule has 1 heterocycles. The minimum Gasteiger partial charge on any atom is -0.479 e. The van der Waals surface area contributed by atoms with Crippen molar-refractivity contribution in [3.05, 3.63) is 28.8 Å². The van der Waals surface area contributed by atoms with E-state index in [9.17, 15) is 4.79 Å². The molecule has 0 saturated carbocycles. The number of amides is 1. The third-order valence-electron chi connectivity index (χ3n) is 4.63. The smallest absolute Gasteiger partial charge is 0.261 e. The topological polar surface area (TPSA) is 41.6 Å². The molecule has 1 atom stereocenters. The van der Waals surface area contributed by atoms with Gasteiger partial charge in [0.25, 0.3) is 5.91 Å². The van der Waals surface area contributed by atoms with Crippen molar-refractivity contribution in [2.75, 3.05) is 13.1 Å². The summed E-state index contributed by atoms with van der Waals surface area (Å²) in [5.41, 5.74) is 1.06. The number of aryl methyl sites for hydroxylation is 1. The zero-order valence-corrected chi connectivity index (χ0v) is 15.9. The third-order valence-corrected chi connectivity index (χ3v) is 4.94. The molecule has 0 spiro atoms. The van der Waals surface area contributed by atoms with Crippen molar-refractivity contribution < 1.29 is 9.53 Å². The van der Waals surface area contributed by atoms with Crippen molar-refractivity contribution in [1.29, 1.82) is 0 Å². The van der Waals surface area contributed by atoms with Gasteiger partial charge in [0.15, 0.2) is 6.10 Å². The summed E-state index contributed by atoms with van der Waals surface area (Å²) in [4.78, 5) is 15.0. The molecule has 1 N–H and O–H groups in total. The molecule has 1 aromatic rings. The van der Waals surface area contributed by atoms with E-state index < -0.39 is 6.10 Å². The van der Waals surface area contributed by atoms with E-state index in [-0.39, 0.29) is 11.9 Å². The number of nitrogens with one attached hydrogen (secondary N) is 1. The van der Waals surface area contributed by atoms with Crippen LogP contribution < -0.4 is 10.1 Å². The first-order valence-electron chi connectivity index (χ1n) is 8.88. The molecule has 1 aliphatic heterocycles. The summed E-state index contributed by atoms with van der Waals surface area (Å²) in [6.45, 7) is 10.4. The van der Waals surface area contributed by atoms with Gasteiger partial charge in [-0.1, -0.05) is 24.6 Å². The summed E-state index contributed by atoms with van der Waals surface area (Å²) in [5.74, 6) is 0.534. The Hall–Kier alpha value is -1.26. The number of carbonyl (C=O) groups excluding carboxylic acids is 1. The fourth-order valence-electron chi connectivity index (χ4n) is 3.03. The molecule has 4 nitrogen and oxygen atoms in total. The van der Waals surface area contributed by atoms with E-state index in [1.165, 1.54) is 0 Å². The molecule has 0 aliphatic carbocycles. The lowest BCUT2D eigenvalue weighted by Crippen LogP contribution is -2.49. The molecule has 1 saturated heterocycles. The Morgan fingerprint density at radius 3 is 2.62 bits per heavy atom. The fourth-order valence-corrected chi connectivity index (χ4v) is 3.19. The minimum absolute atomic E-state index is 0.0435. The van der Waals surface area contributed by atoms with Crippen LogP contribution >= 0.6 is 11.6 Å². The number of carbonyl (C=O) groups is 1. The highest BCUT2D eigenvalue weighted by molar-refractivity contribution is 6.32. The van der Waals surface area contributed by atoms with Gasteiger partial charge in [-0.05, 0) is 57.7 Å². The van der Waals surface area contributed by atoms with Gasteiger partial charge in [0.1, 0.15) is 5.75 Å². The molecule has 0 bridgehead atoms. The van der Waals surface area contributed by atoms with Gasteiger partial charge in [0.2, 0.25) is 0 Å². The Balaban J connectivity index is 1.91. The van der Waals surface area contributed by atoms with Gasteiger partial charge < -0.3 is 15.0 Å². The van der Waals surface area contributed by atoms with Gasteiger partial charge in [-0.25, -0.2) is 0 Å². The molecule has 0 radical (unpaired) electrons. The summed E-state index contributed by atoms with van der Waals surface area (Å²) in [5, 5.41) is 3.69. The highest BCUT2D eigenvalue weighted by Gasteiger charge is 2.26. The van der Waals surface area contributed by atoms with E-state index in [2.05, 4.69) is 24.1 Å². The van der Waals surface area contributed by atoms with Crippen molar-refractivity contribution in [2.24, 2.45) is 0 Å². The summed E-state index contributed by atoms with van der Waals surface area (Å²) >= 11 is 6.18. The van der Waals surface area contributed by atoms with Gasteiger partial charge in [-0.3, -0.25) is 4.79 Å². The first-order chi connectivity index (χ1) is 11.4. The lowest BCUT2D eigenvalue weighted by atomic mass is 10.0. The molecular weight excluding hydrogens is 324 g/mol. The number of hydrogen-bond donors (Lipinski definition) is 1. The molecular formula is C19H29ClN2O2. The average molecular weight is 353 g/mol.